The minimum atomic E-state index is 0.218. The van der Waals surface area contributed by atoms with E-state index in [9.17, 15) is 0 Å². The number of aromatic nitrogens is 3. The number of nitrogens with zero attached hydrogens (tertiary/aromatic N) is 2. The number of aromatic amines is 1. The van der Waals surface area contributed by atoms with Crippen LogP contribution in [-0.2, 0) is 0 Å². The van der Waals surface area contributed by atoms with E-state index >= 15 is 0 Å². The largest absolute Gasteiger partial charge is 0.378 e. The van der Waals surface area contributed by atoms with Crippen molar-refractivity contribution in [2.24, 2.45) is 0 Å². The van der Waals surface area contributed by atoms with Gasteiger partial charge in [-0.15, -0.1) is 0 Å². The first-order chi connectivity index (χ1) is 9.22. The molecule has 4 nitrogen and oxygen atoms in total. The van der Waals surface area contributed by atoms with Crippen molar-refractivity contribution in [2.45, 2.75) is 19.9 Å². The van der Waals surface area contributed by atoms with Gasteiger partial charge in [0, 0.05) is 18.1 Å². The van der Waals surface area contributed by atoms with Crippen LogP contribution in [0.2, 0.25) is 0 Å². The quantitative estimate of drug-likeness (QED) is 0.750. The van der Waals surface area contributed by atoms with E-state index in [1.165, 1.54) is 5.56 Å². The number of fused-ring (bicyclic) bond motifs is 1. The maximum atomic E-state index is 4.40. The zero-order chi connectivity index (χ0) is 13.2. The summed E-state index contributed by atoms with van der Waals surface area (Å²) in [5, 5.41) is 3.47. The summed E-state index contributed by atoms with van der Waals surface area (Å²) in [4.78, 5) is 11.8. The highest BCUT2D eigenvalue weighted by Gasteiger charge is 2.06. The Morgan fingerprint density at radius 1 is 1.26 bits per heavy atom. The minimum Gasteiger partial charge on any atom is -0.378 e. The monoisotopic (exact) mass is 252 g/mol. The lowest BCUT2D eigenvalue weighted by molar-refractivity contribution is 0.876. The lowest BCUT2D eigenvalue weighted by Gasteiger charge is -2.15. The molecular formula is C15H16N4. The van der Waals surface area contributed by atoms with Crippen LogP contribution in [0, 0.1) is 6.92 Å². The van der Waals surface area contributed by atoms with Crippen molar-refractivity contribution in [1.29, 1.82) is 0 Å². The van der Waals surface area contributed by atoms with Crippen LogP contribution >= 0.6 is 0 Å². The van der Waals surface area contributed by atoms with Crippen LogP contribution in [0.15, 0.2) is 42.7 Å². The van der Waals surface area contributed by atoms with Gasteiger partial charge in [-0.3, -0.25) is 4.98 Å². The number of H-pyrrole nitrogens is 1. The van der Waals surface area contributed by atoms with E-state index in [-0.39, 0.29) is 6.04 Å². The summed E-state index contributed by atoms with van der Waals surface area (Å²) < 4.78 is 0. The molecule has 4 heteroatoms. The van der Waals surface area contributed by atoms with Gasteiger partial charge in [0.25, 0.3) is 0 Å². The molecule has 1 unspecified atom stereocenters. The molecule has 96 valence electrons. The molecule has 0 aliphatic heterocycles. The number of nitrogens with one attached hydrogen (secondary N) is 2. The van der Waals surface area contributed by atoms with Gasteiger partial charge in [0.1, 0.15) is 5.82 Å². The Morgan fingerprint density at radius 2 is 2.16 bits per heavy atom. The molecule has 3 aromatic rings. The van der Waals surface area contributed by atoms with Gasteiger partial charge in [-0.25, -0.2) is 4.98 Å². The van der Waals surface area contributed by atoms with Crippen LogP contribution in [0.4, 0.5) is 5.69 Å². The highest BCUT2D eigenvalue weighted by atomic mass is 14.9. The third-order valence-corrected chi connectivity index (χ3v) is 3.17. The smallest absolute Gasteiger partial charge is 0.104 e. The molecule has 0 saturated carbocycles. The van der Waals surface area contributed by atoms with Crippen molar-refractivity contribution in [1.82, 2.24) is 15.0 Å². The van der Waals surface area contributed by atoms with Crippen LogP contribution < -0.4 is 5.32 Å². The summed E-state index contributed by atoms with van der Waals surface area (Å²) in [6.45, 7) is 4.09. The Balaban J connectivity index is 1.85. The van der Waals surface area contributed by atoms with E-state index in [2.05, 4.69) is 45.4 Å². The van der Waals surface area contributed by atoms with Crippen LogP contribution in [0.5, 0.6) is 0 Å². The van der Waals surface area contributed by atoms with E-state index in [4.69, 9.17) is 0 Å². The van der Waals surface area contributed by atoms with Crippen molar-refractivity contribution in [3.63, 3.8) is 0 Å². The van der Waals surface area contributed by atoms with Crippen LogP contribution in [0.1, 0.15) is 24.4 Å². The third kappa shape index (κ3) is 2.42. The highest BCUT2D eigenvalue weighted by molar-refractivity contribution is 5.79. The Kier molecular flexibility index (Phi) is 2.91. The first-order valence-electron chi connectivity index (χ1n) is 6.35. The second kappa shape index (κ2) is 4.72. The maximum absolute atomic E-state index is 4.40. The van der Waals surface area contributed by atoms with Gasteiger partial charge in [-0.2, -0.15) is 0 Å². The fourth-order valence-electron chi connectivity index (χ4n) is 2.19. The van der Waals surface area contributed by atoms with Gasteiger partial charge >= 0.3 is 0 Å². The second-order valence-corrected chi connectivity index (χ2v) is 4.71. The van der Waals surface area contributed by atoms with E-state index in [0.29, 0.717) is 0 Å². The van der Waals surface area contributed by atoms with Gasteiger partial charge in [0.2, 0.25) is 0 Å². The van der Waals surface area contributed by atoms with Gasteiger partial charge < -0.3 is 10.3 Å². The first kappa shape index (κ1) is 11.7. The molecule has 3 rings (SSSR count). The molecule has 1 aromatic carbocycles. The molecule has 0 fully saturated rings. The number of anilines is 1. The Bertz CT molecular complexity index is 688. The van der Waals surface area contributed by atoms with Crippen molar-refractivity contribution in [3.8, 4) is 0 Å². The molecular weight excluding hydrogens is 236 g/mol. The highest BCUT2D eigenvalue weighted by Crippen LogP contribution is 2.21. The average molecular weight is 252 g/mol. The lowest BCUT2D eigenvalue weighted by atomic mass is 10.1. The molecule has 0 amide bonds. The molecule has 19 heavy (non-hydrogen) atoms. The summed E-state index contributed by atoms with van der Waals surface area (Å²) in [5.41, 5.74) is 4.30. The number of hydrogen-bond acceptors (Lipinski definition) is 3. The molecule has 0 aliphatic rings. The average Bonchev–Trinajstić information content (AvgIpc) is 2.79. The lowest BCUT2D eigenvalue weighted by Crippen LogP contribution is -2.06. The van der Waals surface area contributed by atoms with E-state index < -0.39 is 0 Å². The summed E-state index contributed by atoms with van der Waals surface area (Å²) >= 11 is 0. The van der Waals surface area contributed by atoms with E-state index in [1.54, 1.807) is 6.20 Å². The molecule has 2 heterocycles. The number of rotatable bonds is 3. The van der Waals surface area contributed by atoms with Gasteiger partial charge in [0.15, 0.2) is 0 Å². The standard InChI is InChI=1S/C15H16N4/c1-10(12-4-3-7-16-9-12)17-13-5-6-14-15(8-13)19-11(2)18-14/h3-10,17H,1-2H3,(H,18,19). The first-order valence-corrected chi connectivity index (χ1v) is 6.35. The summed E-state index contributed by atoms with van der Waals surface area (Å²) in [6.07, 6.45) is 3.67. The molecule has 0 bridgehead atoms. The molecule has 2 aromatic heterocycles. The van der Waals surface area contributed by atoms with Gasteiger partial charge in [-0.1, -0.05) is 6.07 Å². The summed E-state index contributed by atoms with van der Waals surface area (Å²) in [7, 11) is 0. The number of benzene rings is 1. The number of imidazole rings is 1. The van der Waals surface area contributed by atoms with E-state index in [0.717, 1.165) is 22.5 Å². The molecule has 2 N–H and O–H groups in total. The Morgan fingerprint density at radius 3 is 2.95 bits per heavy atom. The summed E-state index contributed by atoms with van der Waals surface area (Å²) in [5.74, 6) is 0.937. The maximum Gasteiger partial charge on any atom is 0.104 e. The molecule has 1 atom stereocenters. The zero-order valence-corrected chi connectivity index (χ0v) is 11.0. The van der Waals surface area contributed by atoms with Crippen LogP contribution in [0.3, 0.4) is 0 Å². The number of hydrogen-bond donors (Lipinski definition) is 2. The predicted octanol–water partition coefficient (Wildman–Crippen LogP) is 3.44. The van der Waals surface area contributed by atoms with Crippen molar-refractivity contribution in [2.75, 3.05) is 5.32 Å². The van der Waals surface area contributed by atoms with Crippen molar-refractivity contribution in [3.05, 3.63) is 54.1 Å². The molecule has 0 spiro atoms. The van der Waals surface area contributed by atoms with Crippen molar-refractivity contribution < 1.29 is 0 Å². The topological polar surface area (TPSA) is 53.6 Å². The second-order valence-electron chi connectivity index (χ2n) is 4.71. The van der Waals surface area contributed by atoms with Gasteiger partial charge in [0.05, 0.1) is 17.1 Å². The predicted molar refractivity (Wildman–Crippen MR) is 77.1 cm³/mol. The molecule has 0 aliphatic carbocycles. The van der Waals surface area contributed by atoms with Gasteiger partial charge in [-0.05, 0) is 43.7 Å². The normalized spacial score (nSPS) is 12.5. The Labute approximate surface area is 111 Å². The molecule has 0 saturated heterocycles. The Hall–Kier alpha value is -2.36. The van der Waals surface area contributed by atoms with Crippen LogP contribution in [-0.4, -0.2) is 15.0 Å². The van der Waals surface area contributed by atoms with E-state index in [1.807, 2.05) is 25.3 Å². The summed E-state index contributed by atoms with van der Waals surface area (Å²) in [6, 6.07) is 10.4. The van der Waals surface area contributed by atoms with Crippen LogP contribution in [0.25, 0.3) is 11.0 Å². The SMILES string of the molecule is Cc1nc2ccc(NC(C)c3cccnc3)cc2[nH]1. The number of pyridine rings is 1. The number of aryl methyl sites for hydroxylation is 1. The fraction of sp³-hybridized carbons (Fsp3) is 0.200. The zero-order valence-electron chi connectivity index (χ0n) is 11.0. The third-order valence-electron chi connectivity index (χ3n) is 3.17. The van der Waals surface area contributed by atoms with Crippen molar-refractivity contribution >= 4 is 16.7 Å². The minimum absolute atomic E-state index is 0.218. The molecule has 0 radical (unpaired) electrons. The fourth-order valence-corrected chi connectivity index (χ4v) is 2.19.